The smallest absolute Gasteiger partial charge is 0.238 e. The average Bonchev–Trinajstić information content (AvgIpc) is 1.57. The summed E-state index contributed by atoms with van der Waals surface area (Å²) in [6.07, 6.45) is 0. The van der Waals surface area contributed by atoms with Gasteiger partial charge in [-0.2, -0.15) is 9.97 Å². The first-order valence-electron chi connectivity index (χ1n) is 42.4. The number of hydrogen-bond acceptors (Lipinski definition) is 12. The second-order valence-corrected chi connectivity index (χ2v) is 35.4. The topological polar surface area (TPSA) is 132 Å². The van der Waals surface area contributed by atoms with E-state index < -0.39 is 0 Å². The van der Waals surface area contributed by atoms with Crippen molar-refractivity contribution in [2.24, 2.45) is 0 Å². The number of aromatic nitrogens is 9. The van der Waals surface area contributed by atoms with Crippen molar-refractivity contribution >= 4 is 215 Å². The summed E-state index contributed by atoms with van der Waals surface area (Å²) in [5, 5.41) is 18.0. The summed E-state index contributed by atoms with van der Waals surface area (Å²) in [7, 11) is 0. The van der Waals surface area contributed by atoms with Gasteiger partial charge in [0.2, 0.25) is 29.3 Å². The maximum absolute atomic E-state index is 6.76. The molecule has 0 fully saturated rings. The normalized spacial score (nSPS) is 12.0. The molecule has 127 heavy (non-hydrogen) atoms. The monoisotopic (exact) mass is 1680 g/mol. The lowest BCUT2D eigenvalue weighted by molar-refractivity contribution is 0.624. The number of nitrogens with zero attached hydrogens (tertiary/aromatic N) is 9. The van der Waals surface area contributed by atoms with E-state index in [1.807, 2.05) is 71.2 Å². The van der Waals surface area contributed by atoms with Crippen LogP contribution in [-0.4, -0.2) is 43.6 Å². The van der Waals surface area contributed by atoms with E-state index in [1.165, 1.54) is 89.8 Å². The molecule has 0 atom stereocenters. The molecule has 0 aliphatic carbocycles. The van der Waals surface area contributed by atoms with Crippen LogP contribution in [0.2, 0.25) is 0 Å². The molecule has 12 aromatic heterocycles. The molecule has 596 valence electrons. The Morgan fingerprint density at radius 1 is 0.228 bits per heavy atom. The van der Waals surface area contributed by atoms with Gasteiger partial charge >= 0.3 is 0 Å². The van der Waals surface area contributed by atoms with E-state index in [0.29, 0.717) is 28.9 Å². The quantitative estimate of drug-likeness (QED) is 0.146. The fourth-order valence-corrected chi connectivity index (χ4v) is 22.9. The third-order valence-corrected chi connectivity index (χ3v) is 29.0. The lowest BCUT2D eigenvalue weighted by Crippen LogP contribution is -2.04. The van der Waals surface area contributed by atoms with Crippen molar-refractivity contribution in [2.75, 3.05) is 0 Å². The molecular formula is C112H67N9O3S3. The van der Waals surface area contributed by atoms with E-state index in [9.17, 15) is 0 Å². The molecule has 0 saturated heterocycles. The second kappa shape index (κ2) is 28.8. The highest BCUT2D eigenvalue weighted by Crippen LogP contribution is 2.50. The summed E-state index contributed by atoms with van der Waals surface area (Å²) in [5.41, 5.74) is 23.5. The van der Waals surface area contributed by atoms with Crippen molar-refractivity contribution in [3.8, 4) is 73.9 Å². The average molecular weight is 1680 g/mol. The number of thiophene rings is 3. The van der Waals surface area contributed by atoms with Gasteiger partial charge in [-0.3, -0.25) is 13.7 Å². The fraction of sp³-hybridized carbons (Fsp3) is 0.0179. The van der Waals surface area contributed by atoms with Crippen LogP contribution in [0.3, 0.4) is 0 Å². The van der Waals surface area contributed by atoms with Crippen LogP contribution in [-0.2, 0) is 0 Å². The molecule has 28 rings (SSSR count). The zero-order valence-electron chi connectivity index (χ0n) is 68.2. The highest BCUT2D eigenvalue weighted by molar-refractivity contribution is 7.33. The molecule has 0 aliphatic heterocycles. The van der Waals surface area contributed by atoms with Crippen LogP contribution in [0.1, 0.15) is 11.3 Å². The maximum Gasteiger partial charge on any atom is 0.238 e. The highest BCUT2D eigenvalue weighted by Gasteiger charge is 2.29. The largest absolute Gasteiger partial charge is 0.452 e. The van der Waals surface area contributed by atoms with Crippen molar-refractivity contribution in [1.82, 2.24) is 43.6 Å². The third-order valence-electron chi connectivity index (χ3n) is 25.2. The van der Waals surface area contributed by atoms with Crippen molar-refractivity contribution in [1.29, 1.82) is 0 Å². The molecule has 12 nitrogen and oxygen atoms in total. The van der Waals surface area contributed by atoms with Gasteiger partial charge in [0.15, 0.2) is 16.7 Å². The molecule has 0 radical (unpaired) electrons. The van der Waals surface area contributed by atoms with Crippen LogP contribution in [0, 0.1) is 13.8 Å². The highest BCUT2D eigenvalue weighted by atomic mass is 32.1. The van der Waals surface area contributed by atoms with Gasteiger partial charge in [-0.25, -0.2) is 19.9 Å². The number of aryl methyl sites for hydroxylation is 1. The van der Waals surface area contributed by atoms with E-state index in [4.69, 9.17) is 43.2 Å². The van der Waals surface area contributed by atoms with Gasteiger partial charge in [0.1, 0.15) is 5.58 Å². The van der Waals surface area contributed by atoms with Crippen molar-refractivity contribution in [3.05, 3.63) is 381 Å². The van der Waals surface area contributed by atoms with E-state index in [2.05, 4.69) is 349 Å². The van der Waals surface area contributed by atoms with Crippen LogP contribution in [0.15, 0.2) is 383 Å². The van der Waals surface area contributed by atoms with Crippen LogP contribution in [0.5, 0.6) is 0 Å². The third kappa shape index (κ3) is 11.4. The predicted molar refractivity (Wildman–Crippen MR) is 529 cm³/mol. The van der Waals surface area contributed by atoms with Gasteiger partial charge in [0, 0.05) is 107 Å². The number of hydrogen-bond donors (Lipinski definition) is 0. The fourth-order valence-electron chi connectivity index (χ4n) is 19.2. The molecule has 15 heteroatoms. The summed E-state index contributed by atoms with van der Waals surface area (Å²) >= 11 is 5.46. The van der Waals surface area contributed by atoms with E-state index in [0.717, 1.165) is 148 Å². The zero-order valence-corrected chi connectivity index (χ0v) is 70.6. The number of fused-ring (bicyclic) bond motifs is 28. The molecule has 16 aromatic carbocycles. The first-order valence-corrected chi connectivity index (χ1v) is 44.8. The maximum atomic E-state index is 6.76. The molecule has 0 aliphatic rings. The minimum Gasteiger partial charge on any atom is -0.452 e. The van der Waals surface area contributed by atoms with Crippen LogP contribution >= 0.6 is 34.0 Å². The van der Waals surface area contributed by atoms with Gasteiger partial charge in [-0.1, -0.05) is 297 Å². The summed E-state index contributed by atoms with van der Waals surface area (Å²) in [5.74, 6) is 1.87. The van der Waals surface area contributed by atoms with Crippen molar-refractivity contribution < 1.29 is 13.3 Å². The van der Waals surface area contributed by atoms with Crippen molar-refractivity contribution in [3.63, 3.8) is 0 Å². The molecule has 0 bridgehead atoms. The van der Waals surface area contributed by atoms with E-state index >= 15 is 0 Å². The van der Waals surface area contributed by atoms with Gasteiger partial charge < -0.3 is 13.3 Å². The standard InChI is InChI=1S/C40H23N3O2.C40H23N3OS.C32H21N3S2/c1-3-11-24(12-4-1)26-19-22-33-31(23-26)27-15-7-9-17-32(27)43(33)40-41-36(25-13-5-2-6-14-25)35-30-21-20-29-28-16-8-10-18-34(28)44-37(29)38(30)45-39(35)42-40;1-2-10-24(11-3-1)25-18-20-26(21-19-25)36-35-31-23-22-30-29-14-6-9-17-34(29)45-38(30)37(31)44-39(35)42-40(41-36)43-32-15-7-4-12-27(32)28-13-5-8-16-33(28)43;1-18-19(2)35(25-14-8-6-12-21(18)25)32-33-27(20-10-4-3-5-11-20)31-28(34-32)24-17-16-23-22-13-7-9-15-26(22)36-29(23)30(24)37-31/h2*1-23H;3-17H,1-2H3. The summed E-state index contributed by atoms with van der Waals surface area (Å²) in [4.78, 5) is 31.5. The summed E-state index contributed by atoms with van der Waals surface area (Å²) in [6.45, 7) is 4.35. The van der Waals surface area contributed by atoms with Gasteiger partial charge in [-0.05, 0) is 114 Å². The number of furan rings is 3. The number of rotatable bonds is 8. The summed E-state index contributed by atoms with van der Waals surface area (Å²) < 4.78 is 33.8. The number of para-hydroxylation sites is 5. The molecular weight excluding hydrogens is 1620 g/mol. The molecule has 12 heterocycles. The van der Waals surface area contributed by atoms with Crippen LogP contribution in [0.25, 0.3) is 255 Å². The Bertz CT molecular complexity index is 9330. The second-order valence-electron chi connectivity index (χ2n) is 32.3. The molecule has 0 unspecified atom stereocenters. The zero-order chi connectivity index (χ0) is 83.6. The Hall–Kier alpha value is -16.0. The minimum atomic E-state index is 0.522. The molecule has 0 amide bonds. The van der Waals surface area contributed by atoms with Crippen molar-refractivity contribution in [2.45, 2.75) is 13.8 Å². The van der Waals surface area contributed by atoms with Gasteiger partial charge in [0.25, 0.3) is 0 Å². The Kier molecular flexibility index (Phi) is 16.5. The van der Waals surface area contributed by atoms with Gasteiger partial charge in [-0.15, -0.1) is 34.0 Å². The molecule has 0 spiro atoms. The lowest BCUT2D eigenvalue weighted by atomic mass is 10.0. The SMILES string of the molecule is Cc1c(C)n(-c2nc(-c3ccccc3)c3sc4c(ccc5c6ccccc6sc54)c3n2)c2ccccc12.c1ccc(-c2ccc(-c3nc(-n4c5ccccc5c5ccccc54)nc4oc5c(ccc6c7ccccc7sc65)c34)cc2)cc1.c1ccc(-c2ccc3c(c2)c2ccccc2n3-c2nc(-c3ccccc3)c3c(n2)oc2c3ccc3c4ccccc4oc32)cc1. The Morgan fingerprint density at radius 3 is 1.20 bits per heavy atom. The predicted octanol–water partition coefficient (Wildman–Crippen LogP) is 31.3. The molecule has 0 N–H and O–H groups in total. The summed E-state index contributed by atoms with van der Waals surface area (Å²) in [6, 6.07) is 129. The number of benzene rings is 16. The Morgan fingerprint density at radius 2 is 0.606 bits per heavy atom. The van der Waals surface area contributed by atoms with E-state index in [1.54, 1.807) is 11.3 Å². The Balaban J connectivity index is 0.000000102. The Labute approximate surface area is 735 Å². The van der Waals surface area contributed by atoms with E-state index in [-0.39, 0.29) is 0 Å². The first kappa shape index (κ1) is 72.6. The first-order chi connectivity index (χ1) is 62.8. The van der Waals surface area contributed by atoms with Gasteiger partial charge in [0.05, 0.1) is 79.8 Å². The minimum absolute atomic E-state index is 0.522. The molecule has 0 saturated carbocycles. The lowest BCUT2D eigenvalue weighted by Gasteiger charge is -2.10. The van der Waals surface area contributed by atoms with Crippen LogP contribution < -0.4 is 0 Å². The molecule has 28 aromatic rings. The van der Waals surface area contributed by atoms with Crippen LogP contribution in [0.4, 0.5) is 0 Å².